The minimum atomic E-state index is -0.679. The molecule has 1 N–H and O–H groups in total. The Labute approximate surface area is 173 Å². The second-order valence-electron chi connectivity index (χ2n) is 8.98. The van der Waals surface area contributed by atoms with Crippen LogP contribution in [0.4, 0.5) is 0 Å². The largest absolute Gasteiger partial charge is 0.490 e. The summed E-state index contributed by atoms with van der Waals surface area (Å²) in [6.45, 7) is 4.40. The number of carboxylic acids is 1. The number of hydrogen-bond donors (Lipinski definition) is 1. The molecule has 4 nitrogen and oxygen atoms in total. The fourth-order valence-electron chi connectivity index (χ4n) is 4.78. The van der Waals surface area contributed by atoms with Gasteiger partial charge in [0, 0.05) is 19.6 Å². The molecule has 0 bridgehead atoms. The molecule has 156 valence electrons. The van der Waals surface area contributed by atoms with Gasteiger partial charge in [-0.05, 0) is 66.1 Å². The third-order valence-corrected chi connectivity index (χ3v) is 6.65. The first-order valence-corrected chi connectivity index (χ1v) is 11.2. The average molecular weight is 396 g/mol. The predicted molar refractivity (Wildman–Crippen MR) is 116 cm³/mol. The van der Waals surface area contributed by atoms with Crippen LogP contribution < -0.4 is 4.74 Å². The summed E-state index contributed by atoms with van der Waals surface area (Å²) in [6, 6.07) is 12.9. The fraction of sp³-hybridized carbons (Fsp3) is 0.560. The van der Waals surface area contributed by atoms with Crippen molar-refractivity contribution in [3.63, 3.8) is 0 Å². The zero-order valence-electron chi connectivity index (χ0n) is 17.5. The van der Waals surface area contributed by atoms with Crippen LogP contribution in [0.1, 0.15) is 57.4 Å². The first kappa shape index (κ1) is 20.2. The molecule has 1 saturated heterocycles. The van der Waals surface area contributed by atoms with Crippen LogP contribution in [0.25, 0.3) is 10.8 Å². The first-order valence-electron chi connectivity index (χ1n) is 11.2. The molecule has 2 aliphatic rings. The summed E-state index contributed by atoms with van der Waals surface area (Å²) in [4.78, 5) is 13.1. The van der Waals surface area contributed by atoms with Crippen LogP contribution in [0.2, 0.25) is 0 Å². The molecule has 0 unspecified atom stereocenters. The summed E-state index contributed by atoms with van der Waals surface area (Å²) >= 11 is 0. The molecule has 1 aliphatic carbocycles. The molecule has 29 heavy (non-hydrogen) atoms. The Hall–Kier alpha value is -2.07. The molecule has 4 rings (SSSR count). The number of likely N-dealkylation sites (tertiary alicyclic amines) is 1. The van der Waals surface area contributed by atoms with Gasteiger partial charge in [-0.1, -0.05) is 44.4 Å². The third kappa shape index (κ3) is 5.11. The van der Waals surface area contributed by atoms with Crippen LogP contribution >= 0.6 is 0 Å². The minimum Gasteiger partial charge on any atom is -0.490 e. The maximum absolute atomic E-state index is 10.9. The number of hydrogen-bond acceptors (Lipinski definition) is 3. The van der Waals surface area contributed by atoms with Gasteiger partial charge >= 0.3 is 5.97 Å². The van der Waals surface area contributed by atoms with Crippen LogP contribution in [-0.4, -0.2) is 35.2 Å². The summed E-state index contributed by atoms with van der Waals surface area (Å²) in [5.74, 6) is 1.01. The van der Waals surface area contributed by atoms with Gasteiger partial charge in [-0.3, -0.25) is 9.69 Å². The molecule has 0 amide bonds. The Balaban J connectivity index is 1.31. The van der Waals surface area contributed by atoms with E-state index in [1.165, 1.54) is 61.3 Å². The van der Waals surface area contributed by atoms with Gasteiger partial charge in [-0.25, -0.2) is 0 Å². The standard InChI is InChI=1S/C25H33NO3/c1-2-3-4-18-6-10-23(11-7-18)29-24-12-9-20-13-19(5-8-21(20)14-24)15-26-16-22(17-26)25(27)28/h5,8-9,12-14,18,22-23H,2-4,6-7,10-11,15-17H2,1H3,(H,27,28). The van der Waals surface area contributed by atoms with Gasteiger partial charge in [-0.2, -0.15) is 0 Å². The molecule has 0 aromatic heterocycles. The van der Waals surface area contributed by atoms with Gasteiger partial charge in [0.1, 0.15) is 5.75 Å². The van der Waals surface area contributed by atoms with Crippen LogP contribution in [0.5, 0.6) is 5.75 Å². The smallest absolute Gasteiger partial charge is 0.309 e. The van der Waals surface area contributed by atoms with Crippen LogP contribution in [-0.2, 0) is 11.3 Å². The third-order valence-electron chi connectivity index (χ3n) is 6.65. The van der Waals surface area contributed by atoms with Crippen molar-refractivity contribution in [3.05, 3.63) is 42.0 Å². The fourth-order valence-corrected chi connectivity index (χ4v) is 4.78. The van der Waals surface area contributed by atoms with E-state index in [0.717, 1.165) is 18.2 Å². The van der Waals surface area contributed by atoms with E-state index in [4.69, 9.17) is 9.84 Å². The molecule has 1 aliphatic heterocycles. The van der Waals surface area contributed by atoms with E-state index >= 15 is 0 Å². The number of carboxylic acid groups (broad SMARTS) is 1. The normalized spacial score (nSPS) is 23.1. The lowest BCUT2D eigenvalue weighted by molar-refractivity contribution is -0.147. The Morgan fingerprint density at radius 2 is 1.79 bits per heavy atom. The number of unbranched alkanes of at least 4 members (excludes halogenated alkanes) is 1. The van der Waals surface area contributed by atoms with E-state index in [9.17, 15) is 4.79 Å². The molecule has 2 fully saturated rings. The van der Waals surface area contributed by atoms with Gasteiger partial charge in [0.2, 0.25) is 0 Å². The predicted octanol–water partition coefficient (Wildman–Crippen LogP) is 5.48. The highest BCUT2D eigenvalue weighted by molar-refractivity contribution is 5.84. The monoisotopic (exact) mass is 395 g/mol. The van der Waals surface area contributed by atoms with E-state index in [2.05, 4.69) is 48.2 Å². The molecule has 1 heterocycles. The van der Waals surface area contributed by atoms with Gasteiger partial charge in [-0.15, -0.1) is 0 Å². The van der Waals surface area contributed by atoms with Gasteiger partial charge in [0.05, 0.1) is 12.0 Å². The molecule has 1 saturated carbocycles. The van der Waals surface area contributed by atoms with Crippen molar-refractivity contribution in [2.75, 3.05) is 13.1 Å². The van der Waals surface area contributed by atoms with E-state index in [1.54, 1.807) is 0 Å². The zero-order chi connectivity index (χ0) is 20.2. The van der Waals surface area contributed by atoms with Crippen molar-refractivity contribution < 1.29 is 14.6 Å². The summed E-state index contributed by atoms with van der Waals surface area (Å²) in [6.07, 6.45) is 9.38. The number of ether oxygens (including phenoxy) is 1. The molecule has 2 aromatic rings. The second-order valence-corrected chi connectivity index (χ2v) is 8.98. The highest BCUT2D eigenvalue weighted by Gasteiger charge is 2.32. The summed E-state index contributed by atoms with van der Waals surface area (Å²) < 4.78 is 6.31. The first-order chi connectivity index (χ1) is 14.1. The topological polar surface area (TPSA) is 49.8 Å². The number of carbonyl (C=O) groups is 1. The Morgan fingerprint density at radius 3 is 2.52 bits per heavy atom. The maximum Gasteiger partial charge on any atom is 0.309 e. The van der Waals surface area contributed by atoms with E-state index in [-0.39, 0.29) is 5.92 Å². The van der Waals surface area contributed by atoms with E-state index < -0.39 is 5.97 Å². The van der Waals surface area contributed by atoms with Gasteiger partial charge < -0.3 is 9.84 Å². The van der Waals surface area contributed by atoms with E-state index in [0.29, 0.717) is 19.2 Å². The molecule has 0 atom stereocenters. The van der Waals surface area contributed by atoms with Crippen molar-refractivity contribution in [2.45, 2.75) is 64.5 Å². The summed E-state index contributed by atoms with van der Waals surface area (Å²) in [5.41, 5.74) is 1.24. The number of rotatable bonds is 8. The molecular formula is C25H33NO3. The van der Waals surface area contributed by atoms with Crippen molar-refractivity contribution in [2.24, 2.45) is 11.8 Å². The molecular weight excluding hydrogens is 362 g/mol. The summed E-state index contributed by atoms with van der Waals surface area (Å²) in [5, 5.41) is 11.4. The van der Waals surface area contributed by atoms with Crippen molar-refractivity contribution >= 4 is 16.7 Å². The maximum atomic E-state index is 10.9. The summed E-state index contributed by atoms with van der Waals surface area (Å²) in [7, 11) is 0. The quantitative estimate of drug-likeness (QED) is 0.643. The molecule has 4 heteroatoms. The SMILES string of the molecule is CCCCC1CCC(Oc2ccc3cc(CN4CC(C(=O)O)C4)ccc3c2)CC1. The molecule has 0 radical (unpaired) electrons. The highest BCUT2D eigenvalue weighted by atomic mass is 16.5. The van der Waals surface area contributed by atoms with Crippen molar-refractivity contribution in [3.8, 4) is 5.75 Å². The lowest BCUT2D eigenvalue weighted by atomic mass is 9.84. The second kappa shape index (κ2) is 9.17. The average Bonchev–Trinajstić information content (AvgIpc) is 2.69. The lowest BCUT2D eigenvalue weighted by Crippen LogP contribution is -2.49. The Kier molecular flexibility index (Phi) is 6.39. The highest BCUT2D eigenvalue weighted by Crippen LogP contribution is 2.32. The zero-order valence-corrected chi connectivity index (χ0v) is 17.5. The number of fused-ring (bicyclic) bond motifs is 1. The van der Waals surface area contributed by atoms with E-state index in [1.807, 2.05) is 0 Å². The van der Waals surface area contributed by atoms with Crippen LogP contribution in [0.3, 0.4) is 0 Å². The number of benzene rings is 2. The van der Waals surface area contributed by atoms with Gasteiger partial charge in [0.25, 0.3) is 0 Å². The Morgan fingerprint density at radius 1 is 1.07 bits per heavy atom. The number of aliphatic carboxylic acids is 1. The van der Waals surface area contributed by atoms with Gasteiger partial charge in [0.15, 0.2) is 0 Å². The Bertz CT molecular complexity index is 835. The van der Waals surface area contributed by atoms with Crippen LogP contribution in [0.15, 0.2) is 36.4 Å². The molecule has 2 aromatic carbocycles. The molecule has 0 spiro atoms. The lowest BCUT2D eigenvalue weighted by Gasteiger charge is -2.36. The van der Waals surface area contributed by atoms with Crippen molar-refractivity contribution in [1.29, 1.82) is 0 Å². The van der Waals surface area contributed by atoms with Crippen LogP contribution in [0, 0.1) is 11.8 Å². The van der Waals surface area contributed by atoms with Crippen molar-refractivity contribution in [1.82, 2.24) is 4.90 Å². The number of nitrogens with zero attached hydrogens (tertiary/aromatic N) is 1. The minimum absolute atomic E-state index is 0.197.